The number of para-hydroxylation sites is 1. The molecule has 47 heavy (non-hydrogen) atoms. The Morgan fingerprint density at radius 1 is 1.06 bits per heavy atom. The van der Waals surface area contributed by atoms with Crippen molar-refractivity contribution in [3.8, 4) is 29.0 Å². The number of rotatable bonds is 7. The third kappa shape index (κ3) is 7.38. The molecule has 13 heteroatoms. The molecule has 1 aliphatic heterocycles. The third-order valence-corrected chi connectivity index (χ3v) is 7.20. The monoisotopic (exact) mass is 647 g/mol. The summed E-state index contributed by atoms with van der Waals surface area (Å²) in [6.45, 7) is 7.58. The second kappa shape index (κ2) is 12.4. The van der Waals surface area contributed by atoms with Crippen molar-refractivity contribution in [2.45, 2.75) is 70.6 Å². The quantitative estimate of drug-likeness (QED) is 0.220. The number of alkyl carbamates (subject to hydrolysis) is 1. The van der Waals surface area contributed by atoms with Gasteiger partial charge in [0.1, 0.15) is 34.4 Å². The molecule has 0 bridgehead atoms. The van der Waals surface area contributed by atoms with Crippen LogP contribution in [-0.2, 0) is 27.4 Å². The van der Waals surface area contributed by atoms with Gasteiger partial charge in [-0.1, -0.05) is 30.3 Å². The lowest BCUT2D eigenvalue weighted by Crippen LogP contribution is -2.49. The number of halogens is 3. The fourth-order valence-electron chi connectivity index (χ4n) is 4.83. The van der Waals surface area contributed by atoms with Crippen molar-refractivity contribution in [1.82, 2.24) is 15.5 Å². The van der Waals surface area contributed by atoms with Gasteiger partial charge in [0.2, 0.25) is 11.8 Å². The van der Waals surface area contributed by atoms with E-state index < -0.39 is 52.8 Å². The average Bonchev–Trinajstić information content (AvgIpc) is 3.49. The van der Waals surface area contributed by atoms with Gasteiger partial charge in [-0.25, -0.2) is 18.0 Å². The summed E-state index contributed by atoms with van der Waals surface area (Å²) in [7, 11) is 0. The molecule has 2 heterocycles. The Kier molecular flexibility index (Phi) is 8.73. The van der Waals surface area contributed by atoms with Gasteiger partial charge in [-0.05, 0) is 76.6 Å². The molecule has 1 N–H and O–H groups in total. The van der Waals surface area contributed by atoms with Crippen molar-refractivity contribution in [2.24, 2.45) is 0 Å². The van der Waals surface area contributed by atoms with Crippen LogP contribution in [0.4, 0.5) is 23.7 Å². The largest absolute Gasteiger partial charge is 0.457 e. The van der Waals surface area contributed by atoms with Crippen LogP contribution in [0.15, 0.2) is 71.1 Å². The number of amides is 2. The minimum Gasteiger partial charge on any atom is -0.457 e. The molecule has 0 aliphatic carbocycles. The van der Waals surface area contributed by atoms with Crippen molar-refractivity contribution in [1.29, 1.82) is 5.26 Å². The van der Waals surface area contributed by atoms with E-state index in [0.29, 0.717) is 23.1 Å². The first-order chi connectivity index (χ1) is 22.1. The molecule has 4 aromatic rings. The highest BCUT2D eigenvalue weighted by Gasteiger charge is 2.47. The molecule has 0 spiro atoms. The zero-order valence-corrected chi connectivity index (χ0v) is 26.3. The number of carbonyl (C=O) groups excluding carboxylic acids is 2. The lowest BCUT2D eigenvalue weighted by atomic mass is 9.96. The molecule has 0 saturated carbocycles. The van der Waals surface area contributed by atoms with Gasteiger partial charge >= 0.3 is 6.09 Å². The van der Waals surface area contributed by atoms with E-state index in [-0.39, 0.29) is 29.6 Å². The van der Waals surface area contributed by atoms with Gasteiger partial charge in [0.05, 0.1) is 23.9 Å². The number of carbonyl (C=O) groups is 2. The number of hydrogen-bond donors (Lipinski definition) is 1. The molecule has 1 atom stereocenters. The Balaban J connectivity index is 1.56. The number of benzene rings is 3. The van der Waals surface area contributed by atoms with Crippen LogP contribution in [0.1, 0.15) is 58.1 Å². The lowest BCUT2D eigenvalue weighted by Gasteiger charge is -2.27. The fourth-order valence-corrected chi connectivity index (χ4v) is 4.83. The summed E-state index contributed by atoms with van der Waals surface area (Å²) in [5.41, 5.74) is -3.11. The van der Waals surface area contributed by atoms with Crippen LogP contribution in [0.3, 0.4) is 0 Å². The number of nitrogens with one attached hydrogen (secondary N) is 1. The number of ether oxygens (including phenoxy) is 2. The van der Waals surface area contributed by atoms with Gasteiger partial charge in [-0.15, -0.1) is 10.2 Å². The lowest BCUT2D eigenvalue weighted by molar-refractivity contribution is -0.123. The third-order valence-electron chi connectivity index (χ3n) is 7.20. The van der Waals surface area contributed by atoms with Gasteiger partial charge in [-0.3, -0.25) is 4.79 Å². The number of nitriles is 1. The van der Waals surface area contributed by atoms with Crippen molar-refractivity contribution >= 4 is 17.7 Å². The van der Waals surface area contributed by atoms with E-state index in [1.165, 1.54) is 13.8 Å². The highest BCUT2D eigenvalue weighted by atomic mass is 19.3. The summed E-state index contributed by atoms with van der Waals surface area (Å²) >= 11 is 0. The molecular formula is C34H32F3N5O5. The van der Waals surface area contributed by atoms with Crippen LogP contribution in [0.25, 0.3) is 11.5 Å². The zero-order valence-electron chi connectivity index (χ0n) is 26.3. The summed E-state index contributed by atoms with van der Waals surface area (Å²) in [6, 6.07) is 17.6. The molecular weight excluding hydrogens is 615 g/mol. The maximum Gasteiger partial charge on any atom is 0.408 e. The fraction of sp³-hybridized carbons (Fsp3) is 0.324. The van der Waals surface area contributed by atoms with E-state index in [1.54, 1.807) is 57.2 Å². The molecule has 2 amide bonds. The van der Waals surface area contributed by atoms with Crippen LogP contribution < -0.4 is 15.0 Å². The Bertz CT molecular complexity index is 1830. The number of nitrogens with zero attached hydrogens (tertiary/aromatic N) is 4. The zero-order chi connectivity index (χ0) is 34.1. The summed E-state index contributed by atoms with van der Waals surface area (Å²) in [4.78, 5) is 27.7. The molecule has 0 saturated heterocycles. The van der Waals surface area contributed by atoms with E-state index in [2.05, 4.69) is 15.5 Å². The highest BCUT2D eigenvalue weighted by molar-refractivity contribution is 6.00. The van der Waals surface area contributed by atoms with Crippen LogP contribution in [0.2, 0.25) is 0 Å². The van der Waals surface area contributed by atoms with Crippen molar-refractivity contribution in [2.75, 3.05) is 4.90 Å². The van der Waals surface area contributed by atoms with Gasteiger partial charge in [0, 0.05) is 12.0 Å². The first kappa shape index (κ1) is 33.0. The SMILES string of the molecule is CC(C)(C)OC(=O)N[C@@H]1CC(F)(F)c2cc(F)c(-c3nnc(C(C)(C)C#N)o3)cc2N(Cc2ccc(Oc3ccccc3)cc2)C1=O. The van der Waals surface area contributed by atoms with Crippen molar-refractivity contribution in [3.63, 3.8) is 0 Å². The van der Waals surface area contributed by atoms with Crippen LogP contribution in [-0.4, -0.2) is 33.8 Å². The Morgan fingerprint density at radius 2 is 1.72 bits per heavy atom. The van der Waals surface area contributed by atoms with E-state index in [0.717, 1.165) is 11.0 Å². The summed E-state index contributed by atoms with van der Waals surface area (Å²) in [5, 5.41) is 19.4. The van der Waals surface area contributed by atoms with Gasteiger partial charge in [-0.2, -0.15) is 5.26 Å². The Hall–Kier alpha value is -5.38. The maximum atomic E-state index is 15.9. The predicted molar refractivity (Wildman–Crippen MR) is 164 cm³/mol. The normalized spacial score (nSPS) is 16.1. The van der Waals surface area contributed by atoms with Crippen molar-refractivity contribution < 1.29 is 36.7 Å². The van der Waals surface area contributed by atoms with E-state index >= 15 is 13.2 Å². The van der Waals surface area contributed by atoms with Crippen LogP contribution in [0, 0.1) is 17.1 Å². The standard InChI is InChI=1S/C34H32F3N5O5/c1-32(2,3)47-31(44)39-26-17-34(36,37)24-16-25(35)23(28-40-41-30(46-28)33(4,5)19-38)15-27(24)42(29(26)43)18-20-11-13-22(14-12-20)45-21-9-7-6-8-10-21/h6-16,26H,17-18H2,1-5H3,(H,39,44)/t26-/m1/s1. The minimum absolute atomic E-state index is 0.109. The smallest absolute Gasteiger partial charge is 0.408 e. The molecule has 5 rings (SSSR count). The van der Waals surface area contributed by atoms with Gasteiger partial charge in [0.25, 0.3) is 11.8 Å². The average molecular weight is 648 g/mol. The minimum atomic E-state index is -3.77. The Morgan fingerprint density at radius 3 is 2.36 bits per heavy atom. The summed E-state index contributed by atoms with van der Waals surface area (Å²) < 4.78 is 64.0. The highest BCUT2D eigenvalue weighted by Crippen LogP contribution is 2.45. The number of aromatic nitrogens is 2. The molecule has 3 aromatic carbocycles. The molecule has 0 unspecified atom stereocenters. The number of hydrogen-bond acceptors (Lipinski definition) is 8. The summed E-state index contributed by atoms with van der Waals surface area (Å²) in [6.07, 6.45) is -2.22. The molecule has 0 fully saturated rings. The van der Waals surface area contributed by atoms with E-state index in [4.69, 9.17) is 13.9 Å². The second-order valence-electron chi connectivity index (χ2n) is 12.6. The van der Waals surface area contributed by atoms with Gasteiger partial charge < -0.3 is 24.1 Å². The van der Waals surface area contributed by atoms with Gasteiger partial charge in [0.15, 0.2) is 0 Å². The first-order valence-corrected chi connectivity index (χ1v) is 14.7. The molecule has 244 valence electrons. The number of alkyl halides is 2. The van der Waals surface area contributed by atoms with E-state index in [9.17, 15) is 14.9 Å². The van der Waals surface area contributed by atoms with E-state index in [1.807, 2.05) is 24.3 Å². The van der Waals surface area contributed by atoms with Crippen LogP contribution in [0.5, 0.6) is 11.5 Å². The van der Waals surface area contributed by atoms with Crippen LogP contribution >= 0.6 is 0 Å². The molecule has 1 aliphatic rings. The predicted octanol–water partition coefficient (Wildman–Crippen LogP) is 7.39. The molecule has 10 nitrogen and oxygen atoms in total. The number of anilines is 1. The Labute approximate surface area is 269 Å². The molecule has 1 aromatic heterocycles. The second-order valence-corrected chi connectivity index (χ2v) is 12.6. The number of fused-ring (bicyclic) bond motifs is 1. The topological polar surface area (TPSA) is 131 Å². The molecule has 0 radical (unpaired) electrons. The summed E-state index contributed by atoms with van der Waals surface area (Å²) in [5.74, 6) is -5.14. The first-order valence-electron chi connectivity index (χ1n) is 14.7. The van der Waals surface area contributed by atoms with Crippen molar-refractivity contribution in [3.05, 3.63) is 89.6 Å². The maximum absolute atomic E-state index is 15.9.